The number of carbonyl (C=O) groups excluding carboxylic acids is 3. The Bertz CT molecular complexity index is 1500. The van der Waals surface area contributed by atoms with E-state index in [-0.39, 0.29) is 19.5 Å². The highest BCUT2D eigenvalue weighted by Gasteiger charge is 2.41. The summed E-state index contributed by atoms with van der Waals surface area (Å²) in [5, 5.41) is 0. The zero-order valence-corrected chi connectivity index (χ0v) is 21.6. The number of fused-ring (bicyclic) bond motifs is 1. The second kappa shape index (κ2) is 11.2. The van der Waals surface area contributed by atoms with Crippen LogP contribution >= 0.6 is 0 Å². The highest BCUT2D eigenvalue weighted by molar-refractivity contribution is 6.18. The number of nitrogens with two attached hydrogens (primary N) is 1. The van der Waals surface area contributed by atoms with E-state index in [1.54, 1.807) is 16.9 Å². The lowest BCUT2D eigenvalue weighted by Gasteiger charge is -2.26. The Labute approximate surface area is 227 Å². The summed E-state index contributed by atoms with van der Waals surface area (Å²) in [7, 11) is 1.57. The first-order valence-corrected chi connectivity index (χ1v) is 12.7. The summed E-state index contributed by atoms with van der Waals surface area (Å²) in [6, 6.07) is 32.7. The summed E-state index contributed by atoms with van der Waals surface area (Å²) < 4.78 is 5.51. The molecule has 1 aliphatic heterocycles. The lowest BCUT2D eigenvalue weighted by atomic mass is 10.0. The molecule has 0 spiro atoms. The van der Waals surface area contributed by atoms with Gasteiger partial charge in [0.15, 0.2) is 0 Å². The van der Waals surface area contributed by atoms with Crippen LogP contribution in [0.5, 0.6) is 5.75 Å². The van der Waals surface area contributed by atoms with Crippen molar-refractivity contribution in [2.24, 2.45) is 11.7 Å². The van der Waals surface area contributed by atoms with Crippen LogP contribution in [0.25, 0.3) is 11.1 Å². The van der Waals surface area contributed by atoms with Gasteiger partial charge in [0.25, 0.3) is 0 Å². The topological polar surface area (TPSA) is 92.9 Å². The minimum absolute atomic E-state index is 0.169. The predicted molar refractivity (Wildman–Crippen MR) is 151 cm³/mol. The largest absolute Gasteiger partial charge is 0.496 e. The molecule has 196 valence electrons. The fourth-order valence-electron chi connectivity index (χ4n) is 4.96. The smallest absolute Gasteiger partial charge is 0.240 e. The standard InChI is InChI=1S/C32H29N3O4/c1-39-29-14-8-5-11-25(29)21-35-28-13-7-6-12-27(28)34(31(37)26(32(35)38)19-30(33)36)20-22-15-17-24(18-16-22)23-9-3-2-4-10-23/h2-18,26H,19-21H2,1H3,(H2,33,36). The Morgan fingerprint density at radius 1 is 0.718 bits per heavy atom. The Hall–Kier alpha value is -4.91. The van der Waals surface area contributed by atoms with Crippen molar-refractivity contribution < 1.29 is 19.1 Å². The molecule has 0 aliphatic carbocycles. The average Bonchev–Trinajstić information content (AvgIpc) is 3.04. The van der Waals surface area contributed by atoms with Crippen LogP contribution in [0.1, 0.15) is 17.5 Å². The number of hydrogen-bond acceptors (Lipinski definition) is 4. The Morgan fingerprint density at radius 3 is 1.87 bits per heavy atom. The van der Waals surface area contributed by atoms with E-state index in [0.29, 0.717) is 17.1 Å². The maximum atomic E-state index is 13.9. The van der Waals surface area contributed by atoms with Gasteiger partial charge in [0.1, 0.15) is 11.7 Å². The fraction of sp³-hybridized carbons (Fsp3) is 0.156. The predicted octanol–water partition coefficient (Wildman–Crippen LogP) is 4.93. The Morgan fingerprint density at radius 2 is 1.26 bits per heavy atom. The number of hydrogen-bond donors (Lipinski definition) is 1. The van der Waals surface area contributed by atoms with E-state index in [1.807, 2.05) is 103 Å². The van der Waals surface area contributed by atoms with Crippen LogP contribution < -0.4 is 20.3 Å². The second-order valence-electron chi connectivity index (χ2n) is 9.44. The molecule has 1 aliphatic rings. The number of primary amides is 1. The van der Waals surface area contributed by atoms with Gasteiger partial charge in [0.2, 0.25) is 17.7 Å². The lowest BCUT2D eigenvalue weighted by molar-refractivity contribution is -0.135. The molecule has 7 heteroatoms. The van der Waals surface area contributed by atoms with Gasteiger partial charge in [-0.2, -0.15) is 0 Å². The van der Waals surface area contributed by atoms with E-state index in [0.717, 1.165) is 22.3 Å². The molecule has 1 atom stereocenters. The molecule has 1 heterocycles. The number of benzene rings is 4. The zero-order chi connectivity index (χ0) is 27.4. The van der Waals surface area contributed by atoms with Crippen LogP contribution in [-0.4, -0.2) is 24.8 Å². The van der Waals surface area contributed by atoms with Gasteiger partial charge in [-0.25, -0.2) is 0 Å². The van der Waals surface area contributed by atoms with Crippen LogP contribution in [0.2, 0.25) is 0 Å². The molecule has 0 saturated heterocycles. The molecule has 0 fully saturated rings. The van der Waals surface area contributed by atoms with Crippen molar-refractivity contribution in [3.8, 4) is 16.9 Å². The first-order valence-electron chi connectivity index (χ1n) is 12.7. The molecular weight excluding hydrogens is 490 g/mol. The number of nitrogens with zero attached hydrogens (tertiary/aromatic N) is 2. The van der Waals surface area contributed by atoms with E-state index < -0.39 is 23.6 Å². The minimum Gasteiger partial charge on any atom is -0.496 e. The summed E-state index contributed by atoms with van der Waals surface area (Å²) >= 11 is 0. The second-order valence-corrected chi connectivity index (χ2v) is 9.44. The quantitative estimate of drug-likeness (QED) is 0.334. The maximum absolute atomic E-state index is 13.9. The lowest BCUT2D eigenvalue weighted by Crippen LogP contribution is -2.43. The van der Waals surface area contributed by atoms with Gasteiger partial charge in [-0.1, -0.05) is 84.9 Å². The number of carbonyl (C=O) groups is 3. The van der Waals surface area contributed by atoms with Crippen LogP contribution in [0.3, 0.4) is 0 Å². The molecule has 4 aromatic rings. The van der Waals surface area contributed by atoms with Crippen molar-refractivity contribution >= 4 is 29.1 Å². The van der Waals surface area contributed by atoms with E-state index in [4.69, 9.17) is 10.5 Å². The van der Waals surface area contributed by atoms with Crippen molar-refractivity contribution in [1.29, 1.82) is 0 Å². The van der Waals surface area contributed by atoms with E-state index in [9.17, 15) is 14.4 Å². The highest BCUT2D eigenvalue weighted by Crippen LogP contribution is 2.38. The summed E-state index contributed by atoms with van der Waals surface area (Å²) in [5.74, 6) is -2.26. The molecule has 0 aromatic heterocycles. The van der Waals surface area contributed by atoms with E-state index >= 15 is 0 Å². The third-order valence-corrected chi connectivity index (χ3v) is 6.92. The molecule has 5 rings (SSSR count). The number of rotatable bonds is 8. The number of methoxy groups -OCH3 is 1. The van der Waals surface area contributed by atoms with Crippen molar-refractivity contribution in [1.82, 2.24) is 0 Å². The summed E-state index contributed by atoms with van der Waals surface area (Å²) in [5.41, 5.74) is 10.5. The molecular formula is C32H29N3O4. The molecule has 4 aromatic carbocycles. The van der Waals surface area contributed by atoms with Crippen molar-refractivity contribution in [2.45, 2.75) is 19.5 Å². The van der Waals surface area contributed by atoms with E-state index in [1.165, 1.54) is 0 Å². The van der Waals surface area contributed by atoms with Gasteiger partial charge < -0.3 is 20.3 Å². The van der Waals surface area contributed by atoms with Crippen molar-refractivity contribution in [3.63, 3.8) is 0 Å². The van der Waals surface area contributed by atoms with Crippen LogP contribution in [0, 0.1) is 5.92 Å². The molecule has 0 bridgehead atoms. The first-order chi connectivity index (χ1) is 19.0. The number of para-hydroxylation sites is 3. The molecule has 2 N–H and O–H groups in total. The third kappa shape index (κ3) is 5.38. The SMILES string of the molecule is COc1ccccc1CN1C(=O)C(CC(N)=O)C(=O)N(Cc2ccc(-c3ccccc3)cc2)c2ccccc21. The van der Waals surface area contributed by atoms with Crippen LogP contribution in [0.4, 0.5) is 11.4 Å². The summed E-state index contributed by atoms with van der Waals surface area (Å²) in [4.78, 5) is 42.9. The zero-order valence-electron chi connectivity index (χ0n) is 21.6. The van der Waals surface area contributed by atoms with Gasteiger partial charge in [-0.3, -0.25) is 14.4 Å². The number of amides is 3. The summed E-state index contributed by atoms with van der Waals surface area (Å²) in [6.07, 6.45) is -0.377. The number of anilines is 2. The molecule has 0 radical (unpaired) electrons. The van der Waals surface area contributed by atoms with Gasteiger partial charge in [0.05, 0.1) is 31.6 Å². The average molecular weight is 520 g/mol. The Kier molecular flexibility index (Phi) is 7.41. The van der Waals surface area contributed by atoms with Crippen LogP contribution in [0.15, 0.2) is 103 Å². The van der Waals surface area contributed by atoms with Gasteiger partial charge in [-0.15, -0.1) is 0 Å². The normalized spacial score (nSPS) is 15.1. The van der Waals surface area contributed by atoms with E-state index in [2.05, 4.69) is 0 Å². The molecule has 39 heavy (non-hydrogen) atoms. The van der Waals surface area contributed by atoms with Gasteiger partial charge in [0, 0.05) is 12.0 Å². The van der Waals surface area contributed by atoms with Gasteiger partial charge >= 0.3 is 0 Å². The Balaban J connectivity index is 1.54. The third-order valence-electron chi connectivity index (χ3n) is 6.92. The van der Waals surface area contributed by atoms with Crippen LogP contribution in [-0.2, 0) is 27.5 Å². The first kappa shape index (κ1) is 25.7. The van der Waals surface area contributed by atoms with Crippen molar-refractivity contribution in [2.75, 3.05) is 16.9 Å². The monoisotopic (exact) mass is 519 g/mol. The molecule has 3 amide bonds. The molecule has 0 saturated carbocycles. The molecule has 1 unspecified atom stereocenters. The maximum Gasteiger partial charge on any atom is 0.240 e. The van der Waals surface area contributed by atoms with Crippen molar-refractivity contribution in [3.05, 3.63) is 114 Å². The fourth-order valence-corrected chi connectivity index (χ4v) is 4.96. The molecule has 7 nitrogen and oxygen atoms in total. The summed E-state index contributed by atoms with van der Waals surface area (Å²) in [6.45, 7) is 0.401. The minimum atomic E-state index is -1.24. The number of ether oxygens (including phenoxy) is 1. The van der Waals surface area contributed by atoms with Gasteiger partial charge in [-0.05, 0) is 34.9 Å². The highest BCUT2D eigenvalue weighted by atomic mass is 16.5.